The lowest BCUT2D eigenvalue weighted by molar-refractivity contribution is 0.122. The average Bonchev–Trinajstić information content (AvgIpc) is 2.95. The molecule has 0 aromatic carbocycles. The van der Waals surface area contributed by atoms with Crippen LogP contribution < -0.4 is 9.80 Å². The Morgan fingerprint density at radius 3 is 2.55 bits per heavy atom. The Kier molecular flexibility index (Phi) is 3.62. The van der Waals surface area contributed by atoms with Gasteiger partial charge in [-0.05, 0) is 32.3 Å². The predicted molar refractivity (Wildman–Crippen MR) is 87.7 cm³/mol. The summed E-state index contributed by atoms with van der Waals surface area (Å²) >= 11 is 0. The Morgan fingerprint density at radius 1 is 1.00 bits per heavy atom. The Hall–Kier alpha value is -1.82. The van der Waals surface area contributed by atoms with Crippen LogP contribution in [0.15, 0.2) is 6.07 Å². The molecule has 1 N–H and O–H groups in total. The third-order valence-electron chi connectivity index (χ3n) is 4.54. The number of nitrogens with zero attached hydrogens (tertiary/aromatic N) is 4. The van der Waals surface area contributed by atoms with Gasteiger partial charge in [-0.1, -0.05) is 0 Å². The Bertz CT molecular complexity index is 656. The summed E-state index contributed by atoms with van der Waals surface area (Å²) in [5, 5.41) is 1.15. The van der Waals surface area contributed by atoms with Gasteiger partial charge in [0, 0.05) is 31.9 Å². The minimum absolute atomic E-state index is 0.754. The molecule has 2 aromatic heterocycles. The number of hydrogen-bond acceptors (Lipinski definition) is 5. The molecule has 4 heterocycles. The first-order chi connectivity index (χ1) is 10.8. The molecule has 0 bridgehead atoms. The molecule has 0 saturated carbocycles. The molecule has 22 heavy (non-hydrogen) atoms. The molecular formula is C16H23N5O. The predicted octanol–water partition coefficient (Wildman–Crippen LogP) is 2.09. The normalized spacial score (nSPS) is 19.9. The van der Waals surface area contributed by atoms with E-state index in [4.69, 9.17) is 14.7 Å². The van der Waals surface area contributed by atoms with Crippen LogP contribution in [0.5, 0.6) is 0 Å². The topological polar surface area (TPSA) is 57.3 Å². The zero-order chi connectivity index (χ0) is 14.9. The standard InChI is InChI=1S/C16H23N5O/c1-12-11-13-14(17-12)18-16(21-7-9-22-10-8-21)19-15(13)20-5-3-2-4-6-20/h11H,2-10H2,1H3,(H,17,18,19). The molecule has 0 aliphatic carbocycles. The van der Waals surface area contributed by atoms with Crippen molar-refractivity contribution in [2.75, 3.05) is 49.2 Å². The molecule has 0 amide bonds. The van der Waals surface area contributed by atoms with Crippen LogP contribution >= 0.6 is 0 Å². The second-order valence-corrected chi connectivity index (χ2v) is 6.21. The fraction of sp³-hybridized carbons (Fsp3) is 0.625. The van der Waals surface area contributed by atoms with Gasteiger partial charge < -0.3 is 19.5 Å². The lowest BCUT2D eigenvalue weighted by Crippen LogP contribution is -2.38. The summed E-state index contributed by atoms with van der Waals surface area (Å²) in [6, 6.07) is 2.17. The van der Waals surface area contributed by atoms with Gasteiger partial charge in [0.05, 0.1) is 18.6 Å². The van der Waals surface area contributed by atoms with E-state index in [-0.39, 0.29) is 0 Å². The lowest BCUT2D eigenvalue weighted by Gasteiger charge is -2.31. The Labute approximate surface area is 130 Å². The van der Waals surface area contributed by atoms with Gasteiger partial charge in [0.2, 0.25) is 5.95 Å². The smallest absolute Gasteiger partial charge is 0.229 e. The van der Waals surface area contributed by atoms with Crippen LogP contribution in [0.1, 0.15) is 25.0 Å². The lowest BCUT2D eigenvalue weighted by atomic mass is 10.1. The first kappa shape index (κ1) is 13.8. The molecule has 2 fully saturated rings. The van der Waals surface area contributed by atoms with Crippen LogP contribution in [-0.2, 0) is 4.74 Å². The van der Waals surface area contributed by atoms with E-state index in [0.717, 1.165) is 67.9 Å². The van der Waals surface area contributed by atoms with Crippen LogP contribution in [0.25, 0.3) is 11.0 Å². The highest BCUT2D eigenvalue weighted by Crippen LogP contribution is 2.29. The largest absolute Gasteiger partial charge is 0.378 e. The molecule has 4 rings (SSSR count). The zero-order valence-electron chi connectivity index (χ0n) is 13.1. The van der Waals surface area contributed by atoms with Crippen LogP contribution in [0.2, 0.25) is 0 Å². The van der Waals surface area contributed by atoms with Crippen molar-refractivity contribution < 1.29 is 4.74 Å². The van der Waals surface area contributed by atoms with E-state index in [1.807, 2.05) is 0 Å². The van der Waals surface area contributed by atoms with E-state index in [2.05, 4.69) is 27.8 Å². The monoisotopic (exact) mass is 301 g/mol. The number of aryl methyl sites for hydroxylation is 1. The van der Waals surface area contributed by atoms with E-state index in [0.29, 0.717) is 0 Å². The second kappa shape index (κ2) is 5.76. The summed E-state index contributed by atoms with van der Waals surface area (Å²) < 4.78 is 5.44. The number of aromatic amines is 1. The first-order valence-electron chi connectivity index (χ1n) is 8.26. The number of morpholine rings is 1. The van der Waals surface area contributed by atoms with Crippen LogP contribution in [0.4, 0.5) is 11.8 Å². The maximum Gasteiger partial charge on any atom is 0.229 e. The quantitative estimate of drug-likeness (QED) is 0.920. The van der Waals surface area contributed by atoms with E-state index in [9.17, 15) is 0 Å². The van der Waals surface area contributed by atoms with Crippen molar-refractivity contribution in [3.05, 3.63) is 11.8 Å². The minimum atomic E-state index is 0.754. The van der Waals surface area contributed by atoms with Crippen molar-refractivity contribution in [3.63, 3.8) is 0 Å². The van der Waals surface area contributed by atoms with Gasteiger partial charge in [0.25, 0.3) is 0 Å². The highest BCUT2D eigenvalue weighted by atomic mass is 16.5. The number of ether oxygens (including phenoxy) is 1. The third-order valence-corrected chi connectivity index (χ3v) is 4.54. The molecule has 0 radical (unpaired) electrons. The fourth-order valence-corrected chi connectivity index (χ4v) is 3.37. The van der Waals surface area contributed by atoms with E-state index in [1.54, 1.807) is 0 Å². The van der Waals surface area contributed by atoms with Gasteiger partial charge >= 0.3 is 0 Å². The van der Waals surface area contributed by atoms with Crippen molar-refractivity contribution in [3.8, 4) is 0 Å². The Balaban J connectivity index is 1.77. The number of H-pyrrole nitrogens is 1. The molecule has 2 aromatic rings. The molecule has 0 unspecified atom stereocenters. The number of piperidine rings is 1. The summed E-state index contributed by atoms with van der Waals surface area (Å²) in [4.78, 5) is 17.7. The highest BCUT2D eigenvalue weighted by Gasteiger charge is 2.21. The fourth-order valence-electron chi connectivity index (χ4n) is 3.37. The summed E-state index contributed by atoms with van der Waals surface area (Å²) in [5.41, 5.74) is 2.09. The average molecular weight is 301 g/mol. The molecule has 6 heteroatoms. The van der Waals surface area contributed by atoms with Crippen LogP contribution in [0.3, 0.4) is 0 Å². The van der Waals surface area contributed by atoms with E-state index in [1.165, 1.54) is 19.3 Å². The van der Waals surface area contributed by atoms with Gasteiger partial charge in [-0.15, -0.1) is 0 Å². The van der Waals surface area contributed by atoms with Gasteiger partial charge in [0.1, 0.15) is 11.5 Å². The van der Waals surface area contributed by atoms with E-state index < -0.39 is 0 Å². The number of aromatic nitrogens is 3. The number of nitrogens with one attached hydrogen (secondary N) is 1. The summed E-state index contributed by atoms with van der Waals surface area (Å²) in [5.74, 6) is 1.92. The molecular weight excluding hydrogens is 278 g/mol. The highest BCUT2D eigenvalue weighted by molar-refractivity contribution is 5.89. The molecule has 0 spiro atoms. The van der Waals surface area contributed by atoms with Gasteiger partial charge in [-0.2, -0.15) is 9.97 Å². The van der Waals surface area contributed by atoms with Crippen molar-refractivity contribution in [2.45, 2.75) is 26.2 Å². The number of anilines is 2. The molecule has 6 nitrogen and oxygen atoms in total. The third kappa shape index (κ3) is 2.52. The van der Waals surface area contributed by atoms with E-state index >= 15 is 0 Å². The summed E-state index contributed by atoms with van der Waals surface area (Å²) in [7, 11) is 0. The number of rotatable bonds is 2. The van der Waals surface area contributed by atoms with Crippen molar-refractivity contribution >= 4 is 22.8 Å². The summed E-state index contributed by atoms with van der Waals surface area (Å²) in [6.45, 7) is 7.51. The maximum atomic E-state index is 5.44. The summed E-state index contributed by atoms with van der Waals surface area (Å²) in [6.07, 6.45) is 3.83. The second-order valence-electron chi connectivity index (χ2n) is 6.21. The Morgan fingerprint density at radius 2 is 1.77 bits per heavy atom. The molecule has 2 aliphatic rings. The van der Waals surface area contributed by atoms with Crippen molar-refractivity contribution in [2.24, 2.45) is 0 Å². The molecule has 0 atom stereocenters. The molecule has 118 valence electrons. The molecule has 2 aliphatic heterocycles. The van der Waals surface area contributed by atoms with Crippen LogP contribution in [0, 0.1) is 6.92 Å². The SMILES string of the molecule is Cc1cc2c(N3CCCCC3)nc(N3CCOCC3)nc2[nH]1. The first-order valence-corrected chi connectivity index (χ1v) is 8.26. The number of fused-ring (bicyclic) bond motifs is 1. The molecule has 2 saturated heterocycles. The van der Waals surface area contributed by atoms with Gasteiger partial charge in [0.15, 0.2) is 0 Å². The van der Waals surface area contributed by atoms with Gasteiger partial charge in [-0.3, -0.25) is 0 Å². The maximum absolute atomic E-state index is 5.44. The zero-order valence-corrected chi connectivity index (χ0v) is 13.1. The minimum Gasteiger partial charge on any atom is -0.378 e. The number of hydrogen-bond donors (Lipinski definition) is 1. The van der Waals surface area contributed by atoms with Crippen LogP contribution in [-0.4, -0.2) is 54.3 Å². The van der Waals surface area contributed by atoms with Crippen molar-refractivity contribution in [1.82, 2.24) is 15.0 Å². The van der Waals surface area contributed by atoms with Crippen molar-refractivity contribution in [1.29, 1.82) is 0 Å². The van der Waals surface area contributed by atoms with Gasteiger partial charge in [-0.25, -0.2) is 0 Å².